The molecule has 1 aromatic carbocycles. The van der Waals surface area contributed by atoms with Crippen LogP contribution in [0, 0.1) is 6.07 Å². The third-order valence-corrected chi connectivity index (χ3v) is 0.921. The van der Waals surface area contributed by atoms with Crippen LogP contribution in [0.4, 0.5) is 13.2 Å². The van der Waals surface area contributed by atoms with Crippen molar-refractivity contribution in [3.05, 3.63) is 30.3 Å². The Morgan fingerprint density at radius 2 is 1.69 bits per heavy atom. The predicted molar refractivity (Wildman–Crippen MR) is 40.9 cm³/mol. The van der Waals surface area contributed by atoms with Gasteiger partial charge in [-0.2, -0.15) is 18.2 Å². The van der Waals surface area contributed by atoms with Gasteiger partial charge in [0.15, 0.2) is 0 Å². The molecular weight excluding hydrogens is 302 g/mol. The van der Waals surface area contributed by atoms with Gasteiger partial charge in [0.05, 0.1) is 0 Å². The quantitative estimate of drug-likeness (QED) is 0.572. The summed E-state index contributed by atoms with van der Waals surface area (Å²) in [7, 11) is 0. The van der Waals surface area contributed by atoms with Crippen molar-refractivity contribution in [1.82, 2.24) is 0 Å². The van der Waals surface area contributed by atoms with Gasteiger partial charge in [0.2, 0.25) is 0 Å². The molecule has 0 aliphatic rings. The summed E-state index contributed by atoms with van der Waals surface area (Å²) in [4.78, 5) is 0. The second-order valence-corrected chi connectivity index (χ2v) is 1.78. The van der Waals surface area contributed by atoms with Crippen molar-refractivity contribution < 1.29 is 34.3 Å². The Bertz CT molecular complexity index is 227. The van der Waals surface area contributed by atoms with Crippen molar-refractivity contribution in [3.8, 4) is 5.75 Å². The fourth-order valence-electron chi connectivity index (χ4n) is 0.573. The van der Waals surface area contributed by atoms with Gasteiger partial charge in [0.25, 0.3) is 0 Å². The molecule has 0 amide bonds. The molecule has 0 atom stereocenters. The van der Waals surface area contributed by atoms with Crippen molar-refractivity contribution in [2.45, 2.75) is 6.36 Å². The van der Waals surface area contributed by atoms with Crippen LogP contribution in [-0.4, -0.2) is 6.36 Å². The topological polar surface area (TPSA) is 9.23 Å². The molecule has 6 heteroatoms. The van der Waals surface area contributed by atoms with E-state index in [0.717, 1.165) is 0 Å². The van der Waals surface area contributed by atoms with Crippen LogP contribution in [0.3, 0.4) is 0 Å². The summed E-state index contributed by atoms with van der Waals surface area (Å²) in [6.07, 6.45) is -4.61. The van der Waals surface area contributed by atoms with Gasteiger partial charge in [-0.05, 0) is 0 Å². The van der Waals surface area contributed by atoms with E-state index in [1.54, 1.807) is 0 Å². The van der Waals surface area contributed by atoms with Crippen LogP contribution < -0.4 is 4.74 Å². The third kappa shape index (κ3) is 7.02. The van der Waals surface area contributed by atoms with Gasteiger partial charge in [-0.15, -0.1) is 25.3 Å². The molecule has 0 radical (unpaired) electrons. The Kier molecular flexibility index (Phi) is 6.34. The fourth-order valence-corrected chi connectivity index (χ4v) is 0.573. The standard InChI is InChI=1S/C7H4F3O.BrH.Zn/c8-7(9,10)11-6-4-2-1-3-5-6;;/h2-5H;1H;/q-1;;+2/p-1. The van der Waals surface area contributed by atoms with E-state index in [9.17, 15) is 13.2 Å². The summed E-state index contributed by atoms with van der Waals surface area (Å²) in [5, 5.41) is 0. The molecule has 0 aliphatic heterocycles. The van der Waals surface area contributed by atoms with Crippen LogP contribution in [0.2, 0.25) is 0 Å². The van der Waals surface area contributed by atoms with Crippen LogP contribution >= 0.6 is 13.6 Å². The second kappa shape index (κ2) is 6.38. The SMILES string of the molecule is FC(F)(F)Oc1cc[c-]cc1.[Zn+][Br]. The van der Waals surface area contributed by atoms with Crippen molar-refractivity contribution >= 4 is 13.6 Å². The molecule has 1 nitrogen and oxygen atoms in total. The predicted octanol–water partition coefficient (Wildman–Crippen LogP) is 3.23. The minimum atomic E-state index is -4.61. The van der Waals surface area contributed by atoms with Gasteiger partial charge in [-0.3, -0.25) is 0 Å². The van der Waals surface area contributed by atoms with Crippen molar-refractivity contribution in [3.63, 3.8) is 0 Å². The van der Waals surface area contributed by atoms with Crippen molar-refractivity contribution in [1.29, 1.82) is 0 Å². The number of ether oxygens (including phenoxy) is 1. The summed E-state index contributed by atoms with van der Waals surface area (Å²) in [6, 6.07) is 7.64. The zero-order chi connectivity index (χ0) is 10.3. The molecule has 1 aromatic rings. The molecular formula is C7H4BrF3OZn. The summed E-state index contributed by atoms with van der Waals surface area (Å²) < 4.78 is 38.1. The van der Waals surface area contributed by atoms with E-state index in [2.05, 4.69) is 24.4 Å². The number of benzene rings is 1. The molecule has 13 heavy (non-hydrogen) atoms. The van der Waals surface area contributed by atoms with Gasteiger partial charge in [0.1, 0.15) is 0 Å². The van der Waals surface area contributed by atoms with E-state index >= 15 is 0 Å². The zero-order valence-electron chi connectivity index (χ0n) is 6.44. The number of hydrogen-bond donors (Lipinski definition) is 0. The van der Waals surface area contributed by atoms with Crippen LogP contribution in [0.25, 0.3) is 0 Å². The van der Waals surface area contributed by atoms with Gasteiger partial charge in [0, 0.05) is 5.75 Å². The van der Waals surface area contributed by atoms with Gasteiger partial charge in [-0.25, -0.2) is 0 Å². The van der Waals surface area contributed by atoms with E-state index < -0.39 is 6.36 Å². The molecule has 0 unspecified atom stereocenters. The Balaban J connectivity index is 0.000000671. The molecule has 0 fully saturated rings. The first-order valence-electron chi connectivity index (χ1n) is 3.06. The third-order valence-electron chi connectivity index (χ3n) is 0.921. The average Bonchev–Trinajstić information content (AvgIpc) is 2.07. The Morgan fingerprint density at radius 1 is 1.23 bits per heavy atom. The molecule has 1 rings (SSSR count). The maximum absolute atomic E-state index is 11.5. The first-order chi connectivity index (χ1) is 6.08. The average molecular weight is 306 g/mol. The van der Waals surface area contributed by atoms with E-state index in [4.69, 9.17) is 0 Å². The molecule has 0 N–H and O–H groups in total. The minimum absolute atomic E-state index is 0.226. The normalized spacial score (nSPS) is 10.0. The van der Waals surface area contributed by atoms with E-state index in [0.29, 0.717) is 0 Å². The first kappa shape index (κ1) is 12.9. The Morgan fingerprint density at radius 3 is 2.08 bits per heavy atom. The monoisotopic (exact) mass is 304 g/mol. The molecule has 0 saturated carbocycles. The van der Waals surface area contributed by atoms with Crippen LogP contribution in [-0.2, 0) is 16.3 Å². The van der Waals surface area contributed by atoms with E-state index in [1.165, 1.54) is 40.6 Å². The summed E-state index contributed by atoms with van der Waals surface area (Å²) in [5.41, 5.74) is 0. The molecule has 0 saturated heterocycles. The molecule has 0 bridgehead atoms. The number of halogens is 4. The molecule has 0 aliphatic carbocycles. The molecule has 0 spiro atoms. The summed E-state index contributed by atoms with van der Waals surface area (Å²) >= 11 is 4.25. The van der Waals surface area contributed by atoms with Crippen molar-refractivity contribution in [2.24, 2.45) is 0 Å². The molecule has 0 heterocycles. The van der Waals surface area contributed by atoms with Gasteiger partial charge < -0.3 is 4.74 Å². The van der Waals surface area contributed by atoms with Crippen LogP contribution in [0.15, 0.2) is 24.3 Å². The zero-order valence-corrected chi connectivity index (χ0v) is 11.0. The molecule has 68 valence electrons. The Hall–Kier alpha value is -0.0866. The maximum atomic E-state index is 11.5. The fraction of sp³-hybridized carbons (Fsp3) is 0.143. The summed E-state index contributed by atoms with van der Waals surface area (Å²) in [5.74, 6) is -0.226. The van der Waals surface area contributed by atoms with E-state index in [1.807, 2.05) is 0 Å². The van der Waals surface area contributed by atoms with Crippen molar-refractivity contribution in [2.75, 3.05) is 0 Å². The Labute approximate surface area is 90.3 Å². The van der Waals surface area contributed by atoms with E-state index in [-0.39, 0.29) is 5.75 Å². The van der Waals surface area contributed by atoms with Gasteiger partial charge >= 0.3 is 36.3 Å². The summed E-state index contributed by atoms with van der Waals surface area (Å²) in [6.45, 7) is 0. The molecule has 0 aromatic heterocycles. The number of rotatable bonds is 1. The van der Waals surface area contributed by atoms with Crippen LogP contribution in [0.5, 0.6) is 5.75 Å². The van der Waals surface area contributed by atoms with Crippen LogP contribution in [0.1, 0.15) is 0 Å². The number of alkyl halides is 3. The van der Waals surface area contributed by atoms with Gasteiger partial charge in [-0.1, -0.05) is 0 Å². The number of hydrogen-bond acceptors (Lipinski definition) is 1. The first-order valence-corrected chi connectivity index (χ1v) is 10.0. The second-order valence-electron chi connectivity index (χ2n) is 1.78.